The second-order valence-electron chi connectivity index (χ2n) is 5.12. The molecule has 0 spiro atoms. The smallest absolute Gasteiger partial charge is 0.182 e. The Morgan fingerprint density at radius 2 is 1.71 bits per heavy atom. The summed E-state index contributed by atoms with van der Waals surface area (Å²) in [7, 11) is 0. The van der Waals surface area contributed by atoms with Crippen LogP contribution in [-0.2, 0) is 0 Å². The maximum Gasteiger partial charge on any atom is 0.182 e. The third kappa shape index (κ3) is 2.60. The minimum atomic E-state index is -0.280. The lowest BCUT2D eigenvalue weighted by atomic mass is 10.0. The summed E-state index contributed by atoms with van der Waals surface area (Å²) in [6.07, 6.45) is 5.06. The molecule has 1 aliphatic carbocycles. The predicted octanol–water partition coefficient (Wildman–Crippen LogP) is 2.33. The molecule has 0 bridgehead atoms. The van der Waals surface area contributed by atoms with Crippen LogP contribution >= 0.6 is 0 Å². The van der Waals surface area contributed by atoms with Crippen molar-refractivity contribution in [1.82, 2.24) is 4.57 Å². The van der Waals surface area contributed by atoms with Crippen molar-refractivity contribution in [1.29, 1.82) is 0 Å². The van der Waals surface area contributed by atoms with Gasteiger partial charge < -0.3 is 9.67 Å². The molecule has 2 atom stereocenters. The van der Waals surface area contributed by atoms with Crippen LogP contribution < -0.4 is 5.43 Å². The SMILES string of the molecule is Cc1cc(=O)cc(C)n1C1CCCCCC1O. The molecule has 3 heteroatoms. The highest BCUT2D eigenvalue weighted by Crippen LogP contribution is 2.29. The van der Waals surface area contributed by atoms with Gasteiger partial charge in [0.15, 0.2) is 5.43 Å². The van der Waals surface area contributed by atoms with Crippen LogP contribution in [0, 0.1) is 13.8 Å². The molecule has 0 aromatic carbocycles. The summed E-state index contributed by atoms with van der Waals surface area (Å²) in [5, 5.41) is 10.2. The number of aromatic nitrogens is 1. The monoisotopic (exact) mass is 235 g/mol. The van der Waals surface area contributed by atoms with Crippen LogP contribution in [-0.4, -0.2) is 15.8 Å². The normalized spacial score (nSPS) is 25.6. The van der Waals surface area contributed by atoms with E-state index in [0.29, 0.717) is 0 Å². The largest absolute Gasteiger partial charge is 0.391 e. The quantitative estimate of drug-likeness (QED) is 0.759. The van der Waals surface area contributed by atoms with Crippen LogP contribution in [0.1, 0.15) is 49.5 Å². The van der Waals surface area contributed by atoms with Crippen molar-refractivity contribution in [3.63, 3.8) is 0 Å². The third-order valence-corrected chi connectivity index (χ3v) is 3.74. The molecule has 94 valence electrons. The minimum absolute atomic E-state index is 0.0550. The lowest BCUT2D eigenvalue weighted by Crippen LogP contribution is -2.27. The second kappa shape index (κ2) is 5.05. The Morgan fingerprint density at radius 3 is 2.35 bits per heavy atom. The number of hydrogen-bond donors (Lipinski definition) is 1. The van der Waals surface area contributed by atoms with E-state index in [9.17, 15) is 9.90 Å². The number of aliphatic hydroxyl groups excluding tert-OH is 1. The molecule has 0 aliphatic heterocycles. The Labute approximate surface area is 102 Å². The number of aliphatic hydroxyl groups is 1. The molecule has 0 radical (unpaired) electrons. The highest BCUT2D eigenvalue weighted by Gasteiger charge is 2.24. The van der Waals surface area contributed by atoms with Gasteiger partial charge in [0.2, 0.25) is 0 Å². The molecule has 1 N–H and O–H groups in total. The lowest BCUT2D eigenvalue weighted by Gasteiger charge is -2.27. The van der Waals surface area contributed by atoms with Crippen molar-refractivity contribution in [3.05, 3.63) is 33.7 Å². The molecule has 2 unspecified atom stereocenters. The standard InChI is InChI=1S/C14H21NO2/c1-10-8-12(16)9-11(2)15(10)13-6-4-3-5-7-14(13)17/h8-9,13-14,17H,3-7H2,1-2H3. The van der Waals surface area contributed by atoms with Crippen LogP contribution in [0.3, 0.4) is 0 Å². The molecule has 1 saturated carbocycles. The average molecular weight is 235 g/mol. The fourth-order valence-electron chi connectivity index (χ4n) is 2.96. The molecule has 1 heterocycles. The molecule has 0 saturated heterocycles. The minimum Gasteiger partial charge on any atom is -0.391 e. The first-order valence-electron chi connectivity index (χ1n) is 6.47. The van der Waals surface area contributed by atoms with Gasteiger partial charge in [-0.2, -0.15) is 0 Å². The molecule has 1 fully saturated rings. The number of rotatable bonds is 1. The van der Waals surface area contributed by atoms with Crippen molar-refractivity contribution < 1.29 is 5.11 Å². The first kappa shape index (κ1) is 12.4. The highest BCUT2D eigenvalue weighted by atomic mass is 16.3. The molecule has 1 aliphatic rings. The van der Waals surface area contributed by atoms with Crippen molar-refractivity contribution in [2.24, 2.45) is 0 Å². The van der Waals surface area contributed by atoms with E-state index in [2.05, 4.69) is 4.57 Å². The Balaban J connectivity index is 2.41. The van der Waals surface area contributed by atoms with Crippen molar-refractivity contribution in [2.45, 2.75) is 58.1 Å². The predicted molar refractivity (Wildman–Crippen MR) is 68.3 cm³/mol. The number of nitrogens with zero attached hydrogens (tertiary/aromatic N) is 1. The van der Waals surface area contributed by atoms with E-state index < -0.39 is 0 Å². The van der Waals surface area contributed by atoms with Crippen LogP contribution in [0.2, 0.25) is 0 Å². The van der Waals surface area contributed by atoms with E-state index in [4.69, 9.17) is 0 Å². The van der Waals surface area contributed by atoms with E-state index in [-0.39, 0.29) is 17.6 Å². The first-order chi connectivity index (χ1) is 8.09. The summed E-state index contributed by atoms with van der Waals surface area (Å²) in [6, 6.07) is 3.45. The number of pyridine rings is 1. The van der Waals surface area contributed by atoms with Gasteiger partial charge in [0.1, 0.15) is 0 Å². The van der Waals surface area contributed by atoms with Crippen LogP contribution in [0.25, 0.3) is 0 Å². The van der Waals surface area contributed by atoms with Gasteiger partial charge in [-0.15, -0.1) is 0 Å². The zero-order chi connectivity index (χ0) is 12.4. The van der Waals surface area contributed by atoms with Gasteiger partial charge in [-0.1, -0.05) is 19.3 Å². The molecule has 1 aromatic heterocycles. The fraction of sp³-hybridized carbons (Fsp3) is 0.643. The highest BCUT2D eigenvalue weighted by molar-refractivity contribution is 5.14. The van der Waals surface area contributed by atoms with Gasteiger partial charge in [-0.05, 0) is 26.7 Å². The van der Waals surface area contributed by atoms with E-state index >= 15 is 0 Å². The van der Waals surface area contributed by atoms with Crippen molar-refractivity contribution in [3.8, 4) is 0 Å². The lowest BCUT2D eigenvalue weighted by molar-refractivity contribution is 0.103. The Kier molecular flexibility index (Phi) is 3.67. The van der Waals surface area contributed by atoms with Gasteiger partial charge in [0.05, 0.1) is 12.1 Å². The van der Waals surface area contributed by atoms with Crippen LogP contribution in [0.15, 0.2) is 16.9 Å². The summed E-state index contributed by atoms with van der Waals surface area (Å²) in [5.41, 5.74) is 1.97. The molecule has 3 nitrogen and oxygen atoms in total. The van der Waals surface area contributed by atoms with E-state index in [0.717, 1.165) is 37.1 Å². The Bertz CT molecular complexity index is 424. The fourth-order valence-corrected chi connectivity index (χ4v) is 2.96. The van der Waals surface area contributed by atoms with E-state index in [1.165, 1.54) is 6.42 Å². The van der Waals surface area contributed by atoms with Crippen LogP contribution in [0.4, 0.5) is 0 Å². The Hall–Kier alpha value is -1.09. The maximum atomic E-state index is 11.4. The van der Waals surface area contributed by atoms with Gasteiger partial charge in [-0.3, -0.25) is 4.79 Å². The van der Waals surface area contributed by atoms with E-state index in [1.807, 2.05) is 13.8 Å². The molecule has 17 heavy (non-hydrogen) atoms. The zero-order valence-corrected chi connectivity index (χ0v) is 10.6. The topological polar surface area (TPSA) is 42.2 Å². The van der Waals surface area contributed by atoms with Crippen molar-refractivity contribution in [2.75, 3.05) is 0 Å². The summed E-state index contributed by atoms with van der Waals surface area (Å²) in [5.74, 6) is 0. The third-order valence-electron chi connectivity index (χ3n) is 3.74. The van der Waals surface area contributed by atoms with Crippen molar-refractivity contribution >= 4 is 0 Å². The summed E-state index contributed by atoms with van der Waals surface area (Å²) < 4.78 is 2.14. The van der Waals surface area contributed by atoms with Gasteiger partial charge >= 0.3 is 0 Å². The molecular weight excluding hydrogens is 214 g/mol. The molecular formula is C14H21NO2. The molecule has 1 aromatic rings. The van der Waals surface area contributed by atoms with E-state index in [1.54, 1.807) is 12.1 Å². The molecule has 2 rings (SSSR count). The zero-order valence-electron chi connectivity index (χ0n) is 10.6. The average Bonchev–Trinajstić information content (AvgIpc) is 2.43. The second-order valence-corrected chi connectivity index (χ2v) is 5.12. The Morgan fingerprint density at radius 1 is 1.12 bits per heavy atom. The van der Waals surface area contributed by atoms with Gasteiger partial charge in [0, 0.05) is 23.5 Å². The van der Waals surface area contributed by atoms with Gasteiger partial charge in [-0.25, -0.2) is 0 Å². The first-order valence-corrected chi connectivity index (χ1v) is 6.47. The summed E-state index contributed by atoms with van der Waals surface area (Å²) >= 11 is 0. The summed E-state index contributed by atoms with van der Waals surface area (Å²) in [6.45, 7) is 3.90. The summed E-state index contributed by atoms with van der Waals surface area (Å²) in [4.78, 5) is 11.4. The van der Waals surface area contributed by atoms with Crippen LogP contribution in [0.5, 0.6) is 0 Å². The van der Waals surface area contributed by atoms with Gasteiger partial charge in [0.25, 0.3) is 0 Å². The maximum absolute atomic E-state index is 11.4. The molecule has 0 amide bonds. The number of hydrogen-bond acceptors (Lipinski definition) is 2. The number of aryl methyl sites for hydroxylation is 2.